The van der Waals surface area contributed by atoms with Crippen molar-refractivity contribution in [2.24, 2.45) is 0 Å². The maximum absolute atomic E-state index is 11.9. The number of carbonyl (C=O) groups is 1. The molecule has 0 bridgehead atoms. The molecule has 30 heavy (non-hydrogen) atoms. The van der Waals surface area contributed by atoms with E-state index in [1.165, 1.54) is 5.56 Å². The van der Waals surface area contributed by atoms with Crippen LogP contribution in [0, 0.1) is 0 Å². The number of ether oxygens (including phenoxy) is 2. The van der Waals surface area contributed by atoms with Crippen LogP contribution in [0.4, 0.5) is 0 Å². The van der Waals surface area contributed by atoms with Crippen molar-refractivity contribution in [3.05, 3.63) is 65.2 Å². The lowest BCUT2D eigenvalue weighted by Crippen LogP contribution is -2.16. The van der Waals surface area contributed by atoms with E-state index in [9.17, 15) is 9.90 Å². The Labute approximate surface area is 181 Å². The Balaban J connectivity index is 1.89. The molecular formula is C26H36O4. The van der Waals surface area contributed by atoms with Crippen molar-refractivity contribution < 1.29 is 19.4 Å². The first-order chi connectivity index (χ1) is 14.3. The highest BCUT2D eigenvalue weighted by Crippen LogP contribution is 2.27. The summed E-state index contributed by atoms with van der Waals surface area (Å²) in [7, 11) is 0. The first-order valence-corrected chi connectivity index (χ1v) is 10.9. The van der Waals surface area contributed by atoms with Crippen molar-refractivity contribution in [1.82, 2.24) is 0 Å². The van der Waals surface area contributed by atoms with Gasteiger partial charge in [-0.2, -0.15) is 0 Å². The van der Waals surface area contributed by atoms with E-state index in [4.69, 9.17) is 9.47 Å². The standard InChI is InChI=1S/C26H36O4/c1-5-6-16-29-17-7-18-30-23-14-8-20(9-15-23)19-24(25(27)28)21-10-12-22(13-11-21)26(2,3)4/h8-15,24H,5-7,16-19H2,1-4H3,(H,27,28). The molecule has 1 N–H and O–H groups in total. The zero-order valence-electron chi connectivity index (χ0n) is 18.8. The molecule has 0 saturated heterocycles. The number of unbranched alkanes of at least 4 members (excludes halogenated alkanes) is 1. The average molecular weight is 413 g/mol. The van der Waals surface area contributed by atoms with Gasteiger partial charge >= 0.3 is 5.97 Å². The van der Waals surface area contributed by atoms with Gasteiger partial charge < -0.3 is 14.6 Å². The van der Waals surface area contributed by atoms with Crippen LogP contribution in [0.1, 0.15) is 69.6 Å². The zero-order valence-corrected chi connectivity index (χ0v) is 18.8. The second-order valence-corrected chi connectivity index (χ2v) is 8.78. The van der Waals surface area contributed by atoms with E-state index in [2.05, 4.69) is 27.7 Å². The van der Waals surface area contributed by atoms with E-state index < -0.39 is 11.9 Å². The topological polar surface area (TPSA) is 55.8 Å². The maximum atomic E-state index is 11.9. The molecule has 0 spiro atoms. The number of rotatable bonds is 12. The van der Waals surface area contributed by atoms with Crippen LogP contribution in [-0.4, -0.2) is 30.9 Å². The van der Waals surface area contributed by atoms with Gasteiger partial charge in [0, 0.05) is 19.6 Å². The van der Waals surface area contributed by atoms with Crippen LogP contribution < -0.4 is 4.74 Å². The lowest BCUT2D eigenvalue weighted by molar-refractivity contribution is -0.138. The van der Waals surface area contributed by atoms with Gasteiger partial charge in [0.15, 0.2) is 0 Å². The molecule has 4 heteroatoms. The first-order valence-electron chi connectivity index (χ1n) is 10.9. The van der Waals surface area contributed by atoms with Crippen LogP contribution in [0.15, 0.2) is 48.5 Å². The number of aliphatic carboxylic acids is 1. The summed E-state index contributed by atoms with van der Waals surface area (Å²) >= 11 is 0. The smallest absolute Gasteiger partial charge is 0.311 e. The average Bonchev–Trinajstić information content (AvgIpc) is 2.71. The number of hydrogen-bond acceptors (Lipinski definition) is 3. The Morgan fingerprint density at radius 2 is 1.57 bits per heavy atom. The van der Waals surface area contributed by atoms with Gasteiger partial charge in [0.1, 0.15) is 5.75 Å². The van der Waals surface area contributed by atoms with Crippen molar-refractivity contribution in [2.45, 2.75) is 64.7 Å². The Bertz CT molecular complexity index is 757. The van der Waals surface area contributed by atoms with Crippen LogP contribution >= 0.6 is 0 Å². The van der Waals surface area contributed by atoms with Crippen LogP contribution in [0.2, 0.25) is 0 Å². The normalized spacial score (nSPS) is 12.5. The van der Waals surface area contributed by atoms with E-state index in [1.54, 1.807) is 0 Å². The van der Waals surface area contributed by atoms with Gasteiger partial charge in [-0.05, 0) is 47.1 Å². The number of carboxylic acids is 1. The Morgan fingerprint density at radius 1 is 0.933 bits per heavy atom. The molecule has 0 saturated carbocycles. The molecule has 0 aliphatic rings. The maximum Gasteiger partial charge on any atom is 0.311 e. The molecule has 164 valence electrons. The third-order valence-electron chi connectivity index (χ3n) is 5.18. The van der Waals surface area contributed by atoms with Gasteiger partial charge in [0.05, 0.1) is 12.5 Å². The minimum atomic E-state index is -0.804. The van der Waals surface area contributed by atoms with Gasteiger partial charge in [-0.1, -0.05) is 70.5 Å². The van der Waals surface area contributed by atoms with Crippen molar-refractivity contribution in [1.29, 1.82) is 0 Å². The highest BCUT2D eigenvalue weighted by molar-refractivity contribution is 5.76. The molecule has 0 fully saturated rings. The minimum absolute atomic E-state index is 0.0503. The molecule has 0 aliphatic carbocycles. The molecule has 1 unspecified atom stereocenters. The van der Waals surface area contributed by atoms with Crippen LogP contribution in [-0.2, 0) is 21.4 Å². The molecule has 0 aromatic heterocycles. The van der Waals surface area contributed by atoms with Crippen molar-refractivity contribution in [2.75, 3.05) is 19.8 Å². The molecule has 0 aliphatic heterocycles. The summed E-state index contributed by atoms with van der Waals surface area (Å²) in [6, 6.07) is 15.7. The summed E-state index contributed by atoms with van der Waals surface area (Å²) in [6.45, 7) is 10.8. The summed E-state index contributed by atoms with van der Waals surface area (Å²) < 4.78 is 11.3. The predicted molar refractivity (Wildman–Crippen MR) is 122 cm³/mol. The van der Waals surface area contributed by atoms with Crippen molar-refractivity contribution in [3.63, 3.8) is 0 Å². The fourth-order valence-electron chi connectivity index (χ4n) is 3.22. The third-order valence-corrected chi connectivity index (χ3v) is 5.18. The molecule has 2 rings (SSSR count). The molecule has 0 amide bonds. The molecule has 0 radical (unpaired) electrons. The van der Waals surface area contributed by atoms with Gasteiger partial charge in [-0.3, -0.25) is 4.79 Å². The summed E-state index contributed by atoms with van der Waals surface area (Å²) in [4.78, 5) is 11.9. The minimum Gasteiger partial charge on any atom is -0.494 e. The summed E-state index contributed by atoms with van der Waals surface area (Å²) in [5.41, 5.74) is 3.07. The van der Waals surface area contributed by atoms with Gasteiger partial charge in [-0.15, -0.1) is 0 Å². The van der Waals surface area contributed by atoms with Gasteiger partial charge in [-0.25, -0.2) is 0 Å². The van der Waals surface area contributed by atoms with E-state index in [-0.39, 0.29) is 5.41 Å². The van der Waals surface area contributed by atoms with Crippen LogP contribution in [0.3, 0.4) is 0 Å². The van der Waals surface area contributed by atoms with E-state index >= 15 is 0 Å². The van der Waals surface area contributed by atoms with Crippen molar-refractivity contribution >= 4 is 5.97 Å². The highest BCUT2D eigenvalue weighted by atomic mass is 16.5. The number of benzene rings is 2. The summed E-state index contributed by atoms with van der Waals surface area (Å²) in [5, 5.41) is 9.76. The lowest BCUT2D eigenvalue weighted by Gasteiger charge is -2.20. The molecule has 1 atom stereocenters. The van der Waals surface area contributed by atoms with E-state index in [0.29, 0.717) is 19.6 Å². The molecular weight excluding hydrogens is 376 g/mol. The van der Waals surface area contributed by atoms with E-state index in [0.717, 1.165) is 42.7 Å². The Morgan fingerprint density at radius 3 is 2.13 bits per heavy atom. The van der Waals surface area contributed by atoms with Crippen LogP contribution in [0.25, 0.3) is 0 Å². The van der Waals surface area contributed by atoms with Crippen LogP contribution in [0.5, 0.6) is 5.75 Å². The summed E-state index contributed by atoms with van der Waals surface area (Å²) in [6.07, 6.45) is 3.56. The quantitative estimate of drug-likeness (QED) is 0.436. The third kappa shape index (κ3) is 7.83. The SMILES string of the molecule is CCCCOCCCOc1ccc(CC(C(=O)O)c2ccc(C(C)(C)C)cc2)cc1. The lowest BCUT2D eigenvalue weighted by atomic mass is 9.84. The fourth-order valence-corrected chi connectivity index (χ4v) is 3.22. The van der Waals surface area contributed by atoms with Crippen molar-refractivity contribution in [3.8, 4) is 5.75 Å². The first kappa shape index (κ1) is 23.9. The largest absolute Gasteiger partial charge is 0.494 e. The Kier molecular flexibility index (Phi) is 9.38. The molecule has 2 aromatic carbocycles. The van der Waals surface area contributed by atoms with E-state index in [1.807, 2.05) is 48.5 Å². The number of carboxylic acid groups (broad SMARTS) is 1. The molecule has 4 nitrogen and oxygen atoms in total. The monoisotopic (exact) mass is 412 g/mol. The zero-order chi connectivity index (χ0) is 22.0. The Hall–Kier alpha value is -2.33. The van der Waals surface area contributed by atoms with Gasteiger partial charge in [0.25, 0.3) is 0 Å². The summed E-state index contributed by atoms with van der Waals surface area (Å²) in [5.74, 6) is -0.568. The molecule has 0 heterocycles. The fraction of sp³-hybridized carbons (Fsp3) is 0.500. The second-order valence-electron chi connectivity index (χ2n) is 8.78. The highest BCUT2D eigenvalue weighted by Gasteiger charge is 2.21. The predicted octanol–water partition coefficient (Wildman–Crippen LogP) is 5.98. The number of hydrogen-bond donors (Lipinski definition) is 1. The molecule has 2 aromatic rings. The van der Waals surface area contributed by atoms with Gasteiger partial charge in [0.2, 0.25) is 0 Å². The second kappa shape index (κ2) is 11.8.